The number of fused-ring (bicyclic) bond motifs is 1. The molecule has 0 bridgehead atoms. The highest BCUT2D eigenvalue weighted by Gasteiger charge is 2.76. The smallest absolute Gasteiger partial charge is 0.326 e. The number of aromatic nitrogens is 1. The van der Waals surface area contributed by atoms with Crippen molar-refractivity contribution in [3.63, 3.8) is 0 Å². The first-order valence-corrected chi connectivity index (χ1v) is 13.5. The van der Waals surface area contributed by atoms with E-state index in [2.05, 4.69) is 22.8 Å². The third-order valence-electron chi connectivity index (χ3n) is 8.20. The molecule has 0 radical (unpaired) electrons. The minimum Gasteiger partial charge on any atom is -0.480 e. The van der Waals surface area contributed by atoms with Crippen LogP contribution in [0.25, 0.3) is 0 Å². The van der Waals surface area contributed by atoms with Crippen molar-refractivity contribution >= 4 is 17.7 Å². The molecule has 2 atom stereocenters. The van der Waals surface area contributed by atoms with E-state index in [1.807, 2.05) is 0 Å². The maximum absolute atomic E-state index is 14.4. The predicted octanol–water partition coefficient (Wildman–Crippen LogP) is 4.41. The Hall–Kier alpha value is -3.07. The maximum Gasteiger partial charge on any atom is 0.326 e. The molecule has 2 saturated carbocycles. The molecule has 1 aromatic heterocycles. The van der Waals surface area contributed by atoms with Gasteiger partial charge in [0.2, 0.25) is 5.91 Å². The molecule has 7 nitrogen and oxygen atoms in total. The number of rotatable bonds is 11. The standard InChI is InChI=1S/C29H35F2N3O4/c1-18-4-2-6-21(14-18)28(17-29(28,30)31)27(37)34-24(26(35)36)11-13-38-23-15-19(16-23)7-9-22-10-8-20-5-3-12-32-25(20)33-22/h2,4,6,8,10,14,19,23-24H,3,5,7,9,11-13,15-17H2,1H3,(H,32,33)(H,34,37)(H,35,36)/t19-,23-,24?,28?. The van der Waals surface area contributed by atoms with Crippen LogP contribution in [0.3, 0.4) is 0 Å². The fourth-order valence-corrected chi connectivity index (χ4v) is 5.69. The highest BCUT2D eigenvalue weighted by molar-refractivity contribution is 5.96. The van der Waals surface area contributed by atoms with E-state index in [1.54, 1.807) is 25.1 Å². The SMILES string of the molecule is Cc1cccc(C2(C(=O)NC(CCO[C@H]3C[C@H](CCc4ccc5c(n4)NCCC5)C3)C(=O)O)CC2(F)F)c1. The van der Waals surface area contributed by atoms with Crippen molar-refractivity contribution in [2.45, 2.75) is 81.8 Å². The van der Waals surface area contributed by atoms with Gasteiger partial charge >= 0.3 is 5.97 Å². The van der Waals surface area contributed by atoms with Crippen LogP contribution in [0.2, 0.25) is 0 Å². The third kappa shape index (κ3) is 5.39. The number of anilines is 1. The van der Waals surface area contributed by atoms with Crippen LogP contribution in [0.1, 0.15) is 60.9 Å². The summed E-state index contributed by atoms with van der Waals surface area (Å²) in [5.74, 6) is -3.87. The Bertz CT molecular complexity index is 1200. The van der Waals surface area contributed by atoms with E-state index in [0.29, 0.717) is 5.92 Å². The number of carbonyl (C=O) groups excluding carboxylic acids is 1. The van der Waals surface area contributed by atoms with Gasteiger partial charge in [0.15, 0.2) is 0 Å². The Morgan fingerprint density at radius 2 is 2.05 bits per heavy atom. The van der Waals surface area contributed by atoms with Gasteiger partial charge in [0, 0.05) is 31.7 Å². The number of aliphatic carboxylic acids is 1. The van der Waals surface area contributed by atoms with E-state index in [1.165, 1.54) is 11.6 Å². The van der Waals surface area contributed by atoms with Gasteiger partial charge in [-0.1, -0.05) is 35.9 Å². The van der Waals surface area contributed by atoms with Crippen molar-refractivity contribution in [3.8, 4) is 0 Å². The molecule has 2 aliphatic carbocycles. The van der Waals surface area contributed by atoms with Crippen LogP contribution in [0.5, 0.6) is 0 Å². The zero-order chi connectivity index (χ0) is 26.9. The van der Waals surface area contributed by atoms with Crippen molar-refractivity contribution in [3.05, 3.63) is 58.8 Å². The summed E-state index contributed by atoms with van der Waals surface area (Å²) >= 11 is 0. The van der Waals surface area contributed by atoms with E-state index in [4.69, 9.17) is 9.72 Å². The molecule has 2 heterocycles. The molecule has 204 valence electrons. The average molecular weight is 528 g/mol. The summed E-state index contributed by atoms with van der Waals surface area (Å²) in [6, 6.07) is 9.44. The highest BCUT2D eigenvalue weighted by atomic mass is 19.3. The van der Waals surface area contributed by atoms with Crippen LogP contribution in [0.4, 0.5) is 14.6 Å². The van der Waals surface area contributed by atoms with Crippen molar-refractivity contribution in [2.75, 3.05) is 18.5 Å². The largest absolute Gasteiger partial charge is 0.480 e. The molecule has 5 rings (SSSR count). The summed E-state index contributed by atoms with van der Waals surface area (Å²) in [6.07, 6.45) is 5.39. The Labute approximate surface area is 221 Å². The number of nitrogens with one attached hydrogen (secondary N) is 2. The fourth-order valence-electron chi connectivity index (χ4n) is 5.69. The number of carbonyl (C=O) groups is 2. The number of nitrogens with zero attached hydrogens (tertiary/aromatic N) is 1. The summed E-state index contributed by atoms with van der Waals surface area (Å²) < 4.78 is 34.7. The monoisotopic (exact) mass is 527 g/mol. The first-order chi connectivity index (χ1) is 18.2. The van der Waals surface area contributed by atoms with Gasteiger partial charge in [0.1, 0.15) is 17.3 Å². The Kier molecular flexibility index (Phi) is 7.40. The van der Waals surface area contributed by atoms with Crippen LogP contribution < -0.4 is 10.6 Å². The number of pyridine rings is 1. The topological polar surface area (TPSA) is 101 Å². The van der Waals surface area contributed by atoms with E-state index < -0.39 is 35.7 Å². The molecule has 9 heteroatoms. The van der Waals surface area contributed by atoms with E-state index in [9.17, 15) is 23.5 Å². The summed E-state index contributed by atoms with van der Waals surface area (Å²) in [5.41, 5.74) is 1.33. The van der Waals surface area contributed by atoms with Crippen molar-refractivity contribution < 1.29 is 28.2 Å². The molecule has 1 aliphatic heterocycles. The number of ether oxygens (including phenoxy) is 1. The fraction of sp³-hybridized carbons (Fsp3) is 0.552. The molecule has 0 saturated heterocycles. The number of hydrogen-bond donors (Lipinski definition) is 3. The normalized spacial score (nSPS) is 25.9. The van der Waals surface area contributed by atoms with Crippen LogP contribution in [-0.4, -0.2) is 53.2 Å². The van der Waals surface area contributed by atoms with Crippen LogP contribution >= 0.6 is 0 Å². The Morgan fingerprint density at radius 3 is 2.76 bits per heavy atom. The third-order valence-corrected chi connectivity index (χ3v) is 8.20. The van der Waals surface area contributed by atoms with Crippen molar-refractivity contribution in [1.29, 1.82) is 0 Å². The summed E-state index contributed by atoms with van der Waals surface area (Å²) in [7, 11) is 0. The summed E-state index contributed by atoms with van der Waals surface area (Å²) in [4.78, 5) is 29.5. The summed E-state index contributed by atoms with van der Waals surface area (Å²) in [5, 5.41) is 15.3. The Morgan fingerprint density at radius 1 is 1.26 bits per heavy atom. The van der Waals surface area contributed by atoms with Crippen LogP contribution in [0.15, 0.2) is 36.4 Å². The molecule has 3 N–H and O–H groups in total. The van der Waals surface area contributed by atoms with E-state index in [-0.39, 0.29) is 24.7 Å². The summed E-state index contributed by atoms with van der Waals surface area (Å²) in [6.45, 7) is 2.87. The maximum atomic E-state index is 14.4. The molecular weight excluding hydrogens is 492 g/mol. The minimum absolute atomic E-state index is 0.0176. The first-order valence-electron chi connectivity index (χ1n) is 13.5. The van der Waals surface area contributed by atoms with Gasteiger partial charge in [0.25, 0.3) is 5.92 Å². The molecule has 1 amide bonds. The van der Waals surface area contributed by atoms with Gasteiger partial charge < -0.3 is 20.5 Å². The number of carboxylic acid groups (broad SMARTS) is 1. The van der Waals surface area contributed by atoms with Gasteiger partial charge in [-0.3, -0.25) is 4.79 Å². The lowest BCUT2D eigenvalue weighted by atomic mass is 9.79. The number of carboxylic acids is 1. The van der Waals surface area contributed by atoms with Gasteiger partial charge in [-0.25, -0.2) is 18.6 Å². The minimum atomic E-state index is -3.21. The Balaban J connectivity index is 1.06. The lowest BCUT2D eigenvalue weighted by Crippen LogP contribution is -2.48. The van der Waals surface area contributed by atoms with Gasteiger partial charge in [-0.15, -0.1) is 0 Å². The zero-order valence-corrected chi connectivity index (χ0v) is 21.6. The second-order valence-electron chi connectivity index (χ2n) is 11.0. The molecular formula is C29H35F2N3O4. The molecule has 0 spiro atoms. The highest BCUT2D eigenvalue weighted by Crippen LogP contribution is 2.61. The van der Waals surface area contributed by atoms with Crippen molar-refractivity contribution in [1.82, 2.24) is 10.3 Å². The average Bonchev–Trinajstić information content (AvgIpc) is 3.47. The van der Waals surface area contributed by atoms with Crippen molar-refractivity contribution in [2.24, 2.45) is 5.92 Å². The number of aryl methyl sites for hydroxylation is 3. The number of alkyl halides is 2. The van der Waals surface area contributed by atoms with E-state index >= 15 is 0 Å². The zero-order valence-electron chi connectivity index (χ0n) is 21.6. The number of benzene rings is 1. The second kappa shape index (κ2) is 10.6. The van der Waals surface area contributed by atoms with Gasteiger partial charge in [0.05, 0.1) is 6.10 Å². The lowest BCUT2D eigenvalue weighted by Gasteiger charge is -2.35. The molecule has 2 aromatic rings. The second-order valence-corrected chi connectivity index (χ2v) is 11.0. The predicted molar refractivity (Wildman–Crippen MR) is 138 cm³/mol. The first kappa shape index (κ1) is 26.5. The molecule has 38 heavy (non-hydrogen) atoms. The van der Waals surface area contributed by atoms with Gasteiger partial charge in [-0.2, -0.15) is 0 Å². The van der Waals surface area contributed by atoms with Crippen LogP contribution in [0, 0.1) is 12.8 Å². The molecule has 2 fully saturated rings. The number of amides is 1. The van der Waals surface area contributed by atoms with E-state index in [0.717, 1.165) is 62.1 Å². The number of halogens is 2. The van der Waals surface area contributed by atoms with Gasteiger partial charge in [-0.05, 0) is 68.6 Å². The quantitative estimate of drug-likeness (QED) is 0.400. The molecule has 1 aromatic carbocycles. The lowest BCUT2D eigenvalue weighted by molar-refractivity contribution is -0.143. The molecule has 3 aliphatic rings. The van der Waals surface area contributed by atoms with Crippen LogP contribution in [-0.2, 0) is 32.6 Å². The molecule has 2 unspecified atom stereocenters. The number of hydrogen-bond acceptors (Lipinski definition) is 5.